The smallest absolute Gasteiger partial charge is 0.426 e. The first-order valence-electron chi connectivity index (χ1n) is 7.94. The monoisotopic (exact) mass is 342 g/mol. The lowest BCUT2D eigenvalue weighted by molar-refractivity contribution is -0.185. The lowest BCUT2D eigenvalue weighted by atomic mass is 10.1. The lowest BCUT2D eigenvalue weighted by Gasteiger charge is -2.19. The SMILES string of the molecule is C=CCCc1ccc(C(F)(F)Oc2ccc3cc(F)ccc3c2)cc1. The average molecular weight is 342 g/mol. The molecule has 0 aromatic heterocycles. The van der Waals surface area contributed by atoms with Crippen LogP contribution in [0.2, 0.25) is 0 Å². The van der Waals surface area contributed by atoms with E-state index < -0.39 is 6.11 Å². The molecule has 0 saturated heterocycles. The molecule has 0 bridgehead atoms. The first-order valence-corrected chi connectivity index (χ1v) is 7.94. The summed E-state index contributed by atoms with van der Waals surface area (Å²) in [6.45, 7) is 3.64. The molecule has 0 unspecified atom stereocenters. The molecule has 3 aromatic rings. The van der Waals surface area contributed by atoms with Gasteiger partial charge in [-0.15, -0.1) is 6.58 Å². The maximum absolute atomic E-state index is 14.4. The van der Waals surface area contributed by atoms with Crippen molar-refractivity contribution < 1.29 is 17.9 Å². The number of hydrogen-bond donors (Lipinski definition) is 0. The Morgan fingerprint density at radius 2 is 1.60 bits per heavy atom. The van der Waals surface area contributed by atoms with Crippen LogP contribution in [0.4, 0.5) is 13.2 Å². The van der Waals surface area contributed by atoms with Gasteiger partial charge in [-0.3, -0.25) is 0 Å². The lowest BCUT2D eigenvalue weighted by Crippen LogP contribution is -2.21. The van der Waals surface area contributed by atoms with Crippen molar-refractivity contribution in [1.82, 2.24) is 0 Å². The van der Waals surface area contributed by atoms with Crippen molar-refractivity contribution in [3.63, 3.8) is 0 Å². The van der Waals surface area contributed by atoms with Gasteiger partial charge in [0.2, 0.25) is 0 Å². The van der Waals surface area contributed by atoms with E-state index in [0.717, 1.165) is 18.4 Å². The summed E-state index contributed by atoms with van der Waals surface area (Å²) in [4.78, 5) is 0. The van der Waals surface area contributed by atoms with Gasteiger partial charge in [0.05, 0.1) is 5.56 Å². The zero-order chi connectivity index (χ0) is 17.9. The molecular formula is C21H17F3O. The van der Waals surface area contributed by atoms with Crippen molar-refractivity contribution in [2.24, 2.45) is 0 Å². The molecule has 0 aliphatic carbocycles. The van der Waals surface area contributed by atoms with Crippen molar-refractivity contribution in [2.75, 3.05) is 0 Å². The maximum atomic E-state index is 14.4. The highest BCUT2D eigenvalue weighted by Gasteiger charge is 2.34. The largest absolute Gasteiger partial charge is 0.429 e. The van der Waals surface area contributed by atoms with E-state index in [1.807, 2.05) is 0 Å². The number of halogens is 3. The number of rotatable bonds is 6. The van der Waals surface area contributed by atoms with Crippen LogP contribution in [0.1, 0.15) is 17.5 Å². The van der Waals surface area contributed by atoms with E-state index in [4.69, 9.17) is 4.74 Å². The molecule has 0 N–H and O–H groups in total. The number of benzene rings is 3. The number of alkyl halides is 2. The fourth-order valence-electron chi connectivity index (χ4n) is 2.60. The van der Waals surface area contributed by atoms with Gasteiger partial charge in [-0.2, -0.15) is 8.78 Å². The third-order valence-corrected chi connectivity index (χ3v) is 3.95. The summed E-state index contributed by atoms with van der Waals surface area (Å²) in [6.07, 6.45) is -0.108. The van der Waals surface area contributed by atoms with Crippen molar-refractivity contribution in [1.29, 1.82) is 0 Å². The molecule has 3 rings (SSSR count). The van der Waals surface area contributed by atoms with Gasteiger partial charge in [-0.1, -0.05) is 30.3 Å². The first kappa shape index (κ1) is 17.1. The van der Waals surface area contributed by atoms with Crippen LogP contribution in [0.5, 0.6) is 5.75 Å². The van der Waals surface area contributed by atoms with Crippen LogP contribution in [-0.4, -0.2) is 0 Å². The quantitative estimate of drug-likeness (QED) is 0.483. The Balaban J connectivity index is 1.80. The van der Waals surface area contributed by atoms with Gasteiger partial charge >= 0.3 is 6.11 Å². The number of hydrogen-bond acceptors (Lipinski definition) is 1. The second-order valence-electron chi connectivity index (χ2n) is 5.80. The number of fused-ring (bicyclic) bond motifs is 1. The predicted octanol–water partition coefficient (Wildman–Crippen LogP) is 6.23. The van der Waals surface area contributed by atoms with Crippen LogP contribution in [0, 0.1) is 5.82 Å². The molecule has 0 fully saturated rings. The Kier molecular flexibility index (Phi) is 4.79. The van der Waals surface area contributed by atoms with Crippen LogP contribution < -0.4 is 4.74 Å². The van der Waals surface area contributed by atoms with E-state index in [-0.39, 0.29) is 17.1 Å². The number of allylic oxidation sites excluding steroid dienone is 1. The van der Waals surface area contributed by atoms with Crippen molar-refractivity contribution in [3.8, 4) is 5.75 Å². The zero-order valence-corrected chi connectivity index (χ0v) is 13.5. The highest BCUT2D eigenvalue weighted by molar-refractivity contribution is 5.83. The van der Waals surface area contributed by atoms with Gasteiger partial charge in [-0.25, -0.2) is 4.39 Å². The van der Waals surface area contributed by atoms with Crippen LogP contribution in [0.3, 0.4) is 0 Å². The molecule has 0 aliphatic rings. The molecule has 0 aliphatic heterocycles. The molecular weight excluding hydrogens is 325 g/mol. The standard InChI is InChI=1S/C21H17F3O/c1-2-3-4-15-5-9-18(10-6-15)21(23,24)25-20-12-8-16-13-19(22)11-7-17(16)14-20/h2,5-14H,1,3-4H2. The van der Waals surface area contributed by atoms with Crippen LogP contribution in [0.25, 0.3) is 10.8 Å². The van der Waals surface area contributed by atoms with Gasteiger partial charge in [0.1, 0.15) is 11.6 Å². The number of aryl methyl sites for hydroxylation is 1. The Bertz CT molecular complexity index is 885. The highest BCUT2D eigenvalue weighted by Crippen LogP contribution is 2.33. The topological polar surface area (TPSA) is 9.23 Å². The molecule has 4 heteroatoms. The Morgan fingerprint density at radius 3 is 2.32 bits per heavy atom. The van der Waals surface area contributed by atoms with Crippen molar-refractivity contribution >= 4 is 10.8 Å². The molecule has 0 amide bonds. The fraction of sp³-hybridized carbons (Fsp3) is 0.143. The second-order valence-corrected chi connectivity index (χ2v) is 5.80. The molecule has 0 spiro atoms. The van der Waals surface area contributed by atoms with E-state index in [1.54, 1.807) is 24.3 Å². The minimum Gasteiger partial charge on any atom is -0.429 e. The zero-order valence-electron chi connectivity index (χ0n) is 13.5. The minimum absolute atomic E-state index is 0.0276. The van der Waals surface area contributed by atoms with Gasteiger partial charge in [0.25, 0.3) is 0 Å². The Morgan fingerprint density at radius 1 is 0.920 bits per heavy atom. The summed E-state index contributed by atoms with van der Waals surface area (Å²) >= 11 is 0. The summed E-state index contributed by atoms with van der Waals surface area (Å²) in [5.41, 5.74) is 0.751. The highest BCUT2D eigenvalue weighted by atomic mass is 19.3. The van der Waals surface area contributed by atoms with Crippen LogP contribution >= 0.6 is 0 Å². The maximum Gasteiger partial charge on any atom is 0.426 e. The minimum atomic E-state index is -3.45. The molecule has 1 nitrogen and oxygen atoms in total. The van der Waals surface area contributed by atoms with Gasteiger partial charge < -0.3 is 4.74 Å². The molecule has 0 atom stereocenters. The van der Waals surface area contributed by atoms with E-state index in [9.17, 15) is 13.2 Å². The first-order chi connectivity index (χ1) is 12.0. The Labute approximate surface area is 144 Å². The molecule has 0 heterocycles. The Hall–Kier alpha value is -2.75. The van der Waals surface area contributed by atoms with E-state index in [0.29, 0.717) is 10.8 Å². The van der Waals surface area contributed by atoms with Gasteiger partial charge in [-0.05, 0) is 65.6 Å². The normalized spacial score (nSPS) is 11.5. The van der Waals surface area contributed by atoms with Crippen molar-refractivity contribution in [2.45, 2.75) is 19.0 Å². The predicted molar refractivity (Wildman–Crippen MR) is 93.4 cm³/mol. The average Bonchev–Trinajstić information content (AvgIpc) is 2.60. The van der Waals surface area contributed by atoms with E-state index in [2.05, 4.69) is 6.58 Å². The summed E-state index contributed by atoms with van der Waals surface area (Å²) in [5, 5.41) is 1.26. The summed E-state index contributed by atoms with van der Waals surface area (Å²) < 4.78 is 46.9. The van der Waals surface area contributed by atoms with Crippen molar-refractivity contribution in [3.05, 3.63) is 90.3 Å². The van der Waals surface area contributed by atoms with E-state index in [1.165, 1.54) is 42.5 Å². The third kappa shape index (κ3) is 4.02. The molecule has 0 radical (unpaired) electrons. The third-order valence-electron chi connectivity index (χ3n) is 3.95. The fourth-order valence-corrected chi connectivity index (χ4v) is 2.60. The van der Waals surface area contributed by atoms with Crippen LogP contribution in [0.15, 0.2) is 73.3 Å². The van der Waals surface area contributed by atoms with Gasteiger partial charge in [0.15, 0.2) is 0 Å². The molecule has 3 aromatic carbocycles. The molecule has 25 heavy (non-hydrogen) atoms. The molecule has 128 valence electrons. The summed E-state index contributed by atoms with van der Waals surface area (Å²) in [5.74, 6) is -0.345. The second kappa shape index (κ2) is 7.01. The number of ether oxygens (including phenoxy) is 1. The summed E-state index contributed by atoms with van der Waals surface area (Å²) in [6, 6.07) is 14.7. The van der Waals surface area contributed by atoms with E-state index >= 15 is 0 Å². The summed E-state index contributed by atoms with van der Waals surface area (Å²) in [7, 11) is 0. The van der Waals surface area contributed by atoms with Crippen LogP contribution in [-0.2, 0) is 12.5 Å². The van der Waals surface area contributed by atoms with Gasteiger partial charge in [0, 0.05) is 0 Å². The molecule has 0 saturated carbocycles.